The fraction of sp³-hybridized carbons (Fsp3) is 0. The molecule has 0 aliphatic heterocycles. The van der Waals surface area contributed by atoms with Crippen LogP contribution in [0.25, 0.3) is 0 Å². The number of hydrogen-bond donors (Lipinski definition) is 0. The van der Waals surface area contributed by atoms with Gasteiger partial charge in [0.15, 0.2) is 0 Å². The van der Waals surface area contributed by atoms with E-state index in [1.54, 1.807) is 18.2 Å². The maximum absolute atomic E-state index is 5.50. The molecule has 0 heterocycles. The van der Waals surface area contributed by atoms with E-state index in [9.17, 15) is 0 Å². The minimum atomic E-state index is 0. The second kappa shape index (κ2) is 4.27. The molecule has 3 heteroatoms. The van der Waals surface area contributed by atoms with Crippen LogP contribution in [0.15, 0.2) is 18.2 Å². The Hall–Kier alpha value is 0.423. The zero-order chi connectivity index (χ0) is 5.98. The van der Waals surface area contributed by atoms with Crippen molar-refractivity contribution in [2.45, 2.75) is 0 Å². The molecule has 0 nitrogen and oxygen atoms in total. The van der Waals surface area contributed by atoms with Crippen molar-refractivity contribution < 1.29 is 19.5 Å². The van der Waals surface area contributed by atoms with Crippen LogP contribution in [0.1, 0.15) is 0 Å². The Morgan fingerprint density at radius 3 is 1.78 bits per heavy atom. The van der Waals surface area contributed by atoms with Gasteiger partial charge in [-0.05, 0) is 0 Å². The molecular formula is C6H3Cl2Rh-. The van der Waals surface area contributed by atoms with Crippen molar-refractivity contribution >= 4 is 23.2 Å². The monoisotopic (exact) mass is 248 g/mol. The third kappa shape index (κ3) is 3.20. The summed E-state index contributed by atoms with van der Waals surface area (Å²) in [4.78, 5) is 0. The molecule has 0 spiro atoms. The van der Waals surface area contributed by atoms with E-state index in [1.165, 1.54) is 0 Å². The molecule has 0 fully saturated rings. The SMILES string of the molecule is Clc1[c-]c(Cl)ccc1.[Rh]. The van der Waals surface area contributed by atoms with E-state index in [-0.39, 0.29) is 19.5 Å². The quantitative estimate of drug-likeness (QED) is 0.489. The normalized spacial score (nSPS) is 8.22. The number of hydrogen-bond acceptors (Lipinski definition) is 0. The molecule has 9 heavy (non-hydrogen) atoms. The molecule has 0 saturated heterocycles. The van der Waals surface area contributed by atoms with E-state index >= 15 is 0 Å². The largest absolute Gasteiger partial charge is 0.170 e. The molecule has 0 amide bonds. The number of benzene rings is 1. The maximum atomic E-state index is 5.50. The molecule has 0 atom stereocenters. The van der Waals surface area contributed by atoms with Crippen molar-refractivity contribution in [1.29, 1.82) is 0 Å². The van der Waals surface area contributed by atoms with Crippen LogP contribution in [0.2, 0.25) is 10.0 Å². The molecule has 51 valence electrons. The van der Waals surface area contributed by atoms with Crippen LogP contribution in [0.4, 0.5) is 0 Å². The first-order valence-electron chi connectivity index (χ1n) is 2.12. The first-order chi connectivity index (χ1) is 3.79. The molecule has 1 aromatic carbocycles. The Bertz CT molecular complexity index is 171. The summed E-state index contributed by atoms with van der Waals surface area (Å²) in [5.74, 6) is 0. The smallest absolute Gasteiger partial charge is 0 e. The molecular weight excluding hydrogens is 246 g/mol. The van der Waals surface area contributed by atoms with Gasteiger partial charge >= 0.3 is 0 Å². The first-order valence-corrected chi connectivity index (χ1v) is 2.88. The summed E-state index contributed by atoms with van der Waals surface area (Å²) in [5, 5.41) is 1.11. The average Bonchev–Trinajstić information content (AvgIpc) is 1.64. The van der Waals surface area contributed by atoms with Gasteiger partial charge in [-0.25, -0.2) is 0 Å². The van der Waals surface area contributed by atoms with Crippen LogP contribution in [-0.4, -0.2) is 0 Å². The van der Waals surface area contributed by atoms with Gasteiger partial charge in [-0.2, -0.15) is 18.2 Å². The van der Waals surface area contributed by atoms with Crippen molar-refractivity contribution in [1.82, 2.24) is 0 Å². The van der Waals surface area contributed by atoms with E-state index < -0.39 is 0 Å². The second-order valence-corrected chi connectivity index (χ2v) is 2.16. The second-order valence-electron chi connectivity index (χ2n) is 1.35. The van der Waals surface area contributed by atoms with Crippen molar-refractivity contribution in [2.75, 3.05) is 0 Å². The van der Waals surface area contributed by atoms with Crippen molar-refractivity contribution in [3.63, 3.8) is 0 Å². The summed E-state index contributed by atoms with van der Waals surface area (Å²) < 4.78 is 0. The molecule has 0 aliphatic carbocycles. The average molecular weight is 249 g/mol. The first kappa shape index (κ1) is 9.42. The van der Waals surface area contributed by atoms with E-state index in [2.05, 4.69) is 6.07 Å². The fourth-order valence-corrected chi connectivity index (χ4v) is 0.812. The van der Waals surface area contributed by atoms with Crippen LogP contribution >= 0.6 is 23.2 Å². The summed E-state index contributed by atoms with van der Waals surface area (Å²) in [6.45, 7) is 0. The Kier molecular flexibility index (Phi) is 4.47. The topological polar surface area (TPSA) is 0 Å². The molecule has 1 aromatic rings. The summed E-state index contributed by atoms with van der Waals surface area (Å²) in [6.07, 6.45) is 0. The zero-order valence-corrected chi connectivity index (χ0v) is 7.47. The Labute approximate surface area is 76.9 Å². The summed E-state index contributed by atoms with van der Waals surface area (Å²) >= 11 is 11.0. The number of rotatable bonds is 0. The van der Waals surface area contributed by atoms with Crippen LogP contribution in [0.3, 0.4) is 0 Å². The predicted molar refractivity (Wildman–Crippen MR) is 35.3 cm³/mol. The minimum Gasteiger partial charge on any atom is -0.170 e. The molecule has 0 aliphatic rings. The molecule has 1 rings (SSSR count). The van der Waals surface area contributed by atoms with Gasteiger partial charge in [0.2, 0.25) is 0 Å². The van der Waals surface area contributed by atoms with Crippen molar-refractivity contribution in [3.05, 3.63) is 34.3 Å². The molecule has 1 radical (unpaired) electrons. The van der Waals surface area contributed by atoms with Gasteiger partial charge in [0, 0.05) is 19.5 Å². The van der Waals surface area contributed by atoms with E-state index in [4.69, 9.17) is 23.2 Å². The van der Waals surface area contributed by atoms with Crippen LogP contribution in [0, 0.1) is 6.07 Å². The van der Waals surface area contributed by atoms with Gasteiger partial charge in [-0.1, -0.05) is 10.0 Å². The molecule has 0 unspecified atom stereocenters. The van der Waals surface area contributed by atoms with Gasteiger partial charge in [0.25, 0.3) is 0 Å². The van der Waals surface area contributed by atoms with E-state index in [0.29, 0.717) is 10.0 Å². The maximum Gasteiger partial charge on any atom is 0 e. The standard InChI is InChI=1S/C6H3Cl2.Rh/c7-5-2-1-3-6(8)4-5;/h1-3H;/q-1;. The minimum absolute atomic E-state index is 0. The Morgan fingerprint density at radius 2 is 1.56 bits per heavy atom. The predicted octanol–water partition coefficient (Wildman–Crippen LogP) is 2.79. The third-order valence-corrected chi connectivity index (χ3v) is 1.16. The molecule has 0 N–H and O–H groups in total. The molecule has 0 bridgehead atoms. The summed E-state index contributed by atoms with van der Waals surface area (Å²) in [7, 11) is 0. The fourth-order valence-electron chi connectivity index (χ4n) is 0.414. The van der Waals surface area contributed by atoms with Crippen molar-refractivity contribution in [3.8, 4) is 0 Å². The van der Waals surface area contributed by atoms with Crippen LogP contribution < -0.4 is 0 Å². The van der Waals surface area contributed by atoms with Gasteiger partial charge < -0.3 is 0 Å². The van der Waals surface area contributed by atoms with Gasteiger partial charge in [-0.3, -0.25) is 0 Å². The van der Waals surface area contributed by atoms with Gasteiger partial charge in [0.05, 0.1) is 0 Å². The van der Waals surface area contributed by atoms with Crippen molar-refractivity contribution in [2.24, 2.45) is 0 Å². The summed E-state index contributed by atoms with van der Waals surface area (Å²) in [6, 6.07) is 7.94. The van der Waals surface area contributed by atoms with Crippen LogP contribution in [0.5, 0.6) is 0 Å². The third-order valence-electron chi connectivity index (χ3n) is 0.724. The summed E-state index contributed by atoms with van der Waals surface area (Å²) in [5.41, 5.74) is 0. The van der Waals surface area contributed by atoms with E-state index in [0.717, 1.165) is 0 Å². The Morgan fingerprint density at radius 1 is 1.11 bits per heavy atom. The van der Waals surface area contributed by atoms with Gasteiger partial charge in [0.1, 0.15) is 0 Å². The zero-order valence-electron chi connectivity index (χ0n) is 4.32. The number of halogens is 2. The molecule has 0 aromatic heterocycles. The van der Waals surface area contributed by atoms with Gasteiger partial charge in [-0.15, -0.1) is 29.3 Å². The Balaban J connectivity index is 0.000000640. The van der Waals surface area contributed by atoms with E-state index in [1.807, 2.05) is 0 Å². The van der Waals surface area contributed by atoms with Crippen LogP contribution in [-0.2, 0) is 19.5 Å². The molecule has 0 saturated carbocycles.